The van der Waals surface area contributed by atoms with E-state index in [-0.39, 0.29) is 0 Å². The molecule has 2 N–H and O–H groups in total. The van der Waals surface area contributed by atoms with Crippen molar-refractivity contribution in [1.29, 1.82) is 0 Å². The van der Waals surface area contributed by atoms with Crippen LogP contribution in [0, 0.1) is 0 Å². The van der Waals surface area contributed by atoms with Crippen LogP contribution in [0.2, 0.25) is 0 Å². The van der Waals surface area contributed by atoms with E-state index in [9.17, 15) is 0 Å². The van der Waals surface area contributed by atoms with E-state index in [2.05, 4.69) is 41.0 Å². The molecule has 1 heterocycles. The Hall–Kier alpha value is -2.46. The maximum Gasteiger partial charge on any atom is 0.171 e. The summed E-state index contributed by atoms with van der Waals surface area (Å²) in [7, 11) is 0. The third kappa shape index (κ3) is 3.49. The number of aromatic nitrogens is 1. The Labute approximate surface area is 153 Å². The van der Waals surface area contributed by atoms with E-state index >= 15 is 0 Å². The topological polar surface area (TPSA) is 37.0 Å². The first kappa shape index (κ1) is 16.0. The summed E-state index contributed by atoms with van der Waals surface area (Å²) >= 11 is 5.56. The molecule has 4 rings (SSSR count). The number of hydrogen-bond acceptors (Lipinski definition) is 2. The molecule has 0 fully saturated rings. The van der Waals surface area contributed by atoms with Crippen molar-refractivity contribution in [3.8, 4) is 0 Å². The van der Waals surface area contributed by atoms with Gasteiger partial charge in [0.05, 0.1) is 11.2 Å². The highest BCUT2D eigenvalue weighted by atomic mass is 32.1. The zero-order chi connectivity index (χ0) is 17.1. The molecule has 25 heavy (non-hydrogen) atoms. The monoisotopic (exact) mass is 347 g/mol. The number of rotatable bonds is 3. The van der Waals surface area contributed by atoms with Crippen molar-refractivity contribution in [2.75, 3.05) is 5.32 Å². The average Bonchev–Trinajstić information content (AvgIpc) is 2.67. The van der Waals surface area contributed by atoms with Crippen LogP contribution < -0.4 is 10.6 Å². The molecule has 1 aliphatic rings. The van der Waals surface area contributed by atoms with E-state index in [1.807, 2.05) is 24.3 Å². The molecule has 0 saturated carbocycles. The molecule has 0 radical (unpaired) electrons. The fraction of sp³-hybridized carbons (Fsp3) is 0.238. The number of nitrogens with zero attached hydrogens (tertiary/aromatic N) is 1. The van der Waals surface area contributed by atoms with Crippen molar-refractivity contribution in [2.45, 2.75) is 32.2 Å². The van der Waals surface area contributed by atoms with Gasteiger partial charge >= 0.3 is 0 Å². The van der Waals surface area contributed by atoms with E-state index in [1.54, 1.807) is 0 Å². The third-order valence-electron chi connectivity index (χ3n) is 4.70. The van der Waals surface area contributed by atoms with Crippen LogP contribution in [0.1, 0.15) is 29.7 Å². The van der Waals surface area contributed by atoms with Gasteiger partial charge in [-0.15, -0.1) is 0 Å². The molecule has 3 nitrogen and oxygen atoms in total. The van der Waals surface area contributed by atoms with Gasteiger partial charge in [0.25, 0.3) is 0 Å². The van der Waals surface area contributed by atoms with Gasteiger partial charge in [-0.2, -0.15) is 0 Å². The smallest absolute Gasteiger partial charge is 0.171 e. The minimum Gasteiger partial charge on any atom is -0.358 e. The van der Waals surface area contributed by atoms with Crippen LogP contribution >= 0.6 is 12.2 Å². The van der Waals surface area contributed by atoms with Crippen LogP contribution in [-0.2, 0) is 19.4 Å². The van der Waals surface area contributed by atoms with Gasteiger partial charge in [-0.25, -0.2) is 0 Å². The zero-order valence-corrected chi connectivity index (χ0v) is 14.9. The summed E-state index contributed by atoms with van der Waals surface area (Å²) in [6, 6.07) is 18.6. The Morgan fingerprint density at radius 1 is 0.960 bits per heavy atom. The average molecular weight is 347 g/mol. The molecule has 0 saturated heterocycles. The highest BCUT2D eigenvalue weighted by Crippen LogP contribution is 2.33. The van der Waals surface area contributed by atoms with Crippen molar-refractivity contribution in [3.05, 3.63) is 71.4 Å². The summed E-state index contributed by atoms with van der Waals surface area (Å²) in [6.45, 7) is 0.720. The van der Waals surface area contributed by atoms with Crippen molar-refractivity contribution < 1.29 is 0 Å². The lowest BCUT2D eigenvalue weighted by Crippen LogP contribution is -2.29. The Morgan fingerprint density at radius 2 is 1.72 bits per heavy atom. The lowest BCUT2D eigenvalue weighted by Gasteiger charge is -2.22. The van der Waals surface area contributed by atoms with Crippen LogP contribution in [0.5, 0.6) is 0 Å². The van der Waals surface area contributed by atoms with Crippen LogP contribution in [0.4, 0.5) is 5.69 Å². The lowest BCUT2D eigenvalue weighted by molar-refractivity contribution is 0.672. The molecule has 0 unspecified atom stereocenters. The number of fused-ring (bicyclic) bond motifs is 2. The number of hydrogen-bond donors (Lipinski definition) is 2. The Kier molecular flexibility index (Phi) is 4.61. The van der Waals surface area contributed by atoms with Crippen molar-refractivity contribution in [2.24, 2.45) is 0 Å². The quantitative estimate of drug-likeness (QED) is 0.679. The number of benzene rings is 2. The normalized spacial score (nSPS) is 13.3. The molecule has 3 aromatic rings. The van der Waals surface area contributed by atoms with E-state index < -0.39 is 0 Å². The molecule has 1 aromatic heterocycles. The SMILES string of the molecule is S=C(NCc1ccccc1)Nc1c2c(nc3ccccc13)CCCC2. The summed E-state index contributed by atoms with van der Waals surface area (Å²) in [5.41, 5.74) is 5.93. The molecule has 0 spiro atoms. The lowest BCUT2D eigenvalue weighted by atomic mass is 9.93. The molecular formula is C21H21N3S. The Balaban J connectivity index is 1.60. The van der Waals surface area contributed by atoms with Gasteiger partial charge in [0, 0.05) is 17.6 Å². The minimum atomic E-state index is 0.660. The van der Waals surface area contributed by atoms with E-state index in [0.717, 1.165) is 36.0 Å². The van der Waals surface area contributed by atoms with Crippen LogP contribution in [0.15, 0.2) is 54.6 Å². The maximum absolute atomic E-state index is 5.56. The first-order valence-electron chi connectivity index (χ1n) is 8.80. The van der Waals surface area contributed by atoms with Gasteiger partial charge in [-0.1, -0.05) is 48.5 Å². The van der Waals surface area contributed by atoms with Crippen molar-refractivity contribution in [3.63, 3.8) is 0 Å². The molecule has 0 bridgehead atoms. The standard InChI is InChI=1S/C21H21N3S/c25-21(22-14-15-8-2-1-3-9-15)24-20-16-10-4-6-12-18(16)23-19-13-7-5-11-17(19)20/h1-4,6,8-10,12H,5,7,11,13-14H2,(H2,22,23,24,25). The largest absolute Gasteiger partial charge is 0.358 e. The highest BCUT2D eigenvalue weighted by Gasteiger charge is 2.18. The number of anilines is 1. The third-order valence-corrected chi connectivity index (χ3v) is 4.95. The summed E-state index contributed by atoms with van der Waals surface area (Å²) in [5.74, 6) is 0. The van der Waals surface area contributed by atoms with E-state index in [0.29, 0.717) is 5.11 Å². The molecule has 4 heteroatoms. The molecule has 1 aliphatic carbocycles. The minimum absolute atomic E-state index is 0.660. The number of aryl methyl sites for hydroxylation is 1. The predicted octanol–water partition coefficient (Wildman–Crippen LogP) is 4.60. The van der Waals surface area contributed by atoms with Gasteiger partial charge in [0.2, 0.25) is 0 Å². The van der Waals surface area contributed by atoms with Crippen molar-refractivity contribution >= 4 is 33.9 Å². The van der Waals surface area contributed by atoms with Crippen LogP contribution in [0.3, 0.4) is 0 Å². The number of pyridine rings is 1. The summed E-state index contributed by atoms with van der Waals surface area (Å²) in [6.07, 6.45) is 4.55. The second-order valence-corrected chi connectivity index (χ2v) is 6.84. The first-order chi connectivity index (χ1) is 12.3. The van der Waals surface area contributed by atoms with Gasteiger partial charge in [0.1, 0.15) is 0 Å². The Bertz CT molecular complexity index is 906. The predicted molar refractivity (Wildman–Crippen MR) is 108 cm³/mol. The van der Waals surface area contributed by atoms with Gasteiger partial charge in [0.15, 0.2) is 5.11 Å². The fourth-order valence-electron chi connectivity index (χ4n) is 3.45. The molecule has 0 amide bonds. The number of thiocarbonyl (C=S) groups is 1. The second kappa shape index (κ2) is 7.19. The van der Waals surface area contributed by atoms with Crippen LogP contribution in [-0.4, -0.2) is 10.1 Å². The second-order valence-electron chi connectivity index (χ2n) is 6.43. The van der Waals surface area contributed by atoms with Gasteiger partial charge < -0.3 is 10.6 Å². The molecule has 2 aromatic carbocycles. The highest BCUT2D eigenvalue weighted by molar-refractivity contribution is 7.80. The molecular weight excluding hydrogens is 326 g/mol. The fourth-order valence-corrected chi connectivity index (χ4v) is 3.63. The summed E-state index contributed by atoms with van der Waals surface area (Å²) in [5, 5.41) is 8.59. The van der Waals surface area contributed by atoms with Crippen LogP contribution in [0.25, 0.3) is 10.9 Å². The zero-order valence-electron chi connectivity index (χ0n) is 14.1. The van der Waals surface area contributed by atoms with Gasteiger partial charge in [-0.3, -0.25) is 4.98 Å². The molecule has 0 aliphatic heterocycles. The maximum atomic E-state index is 5.56. The summed E-state index contributed by atoms with van der Waals surface area (Å²) < 4.78 is 0. The number of nitrogens with one attached hydrogen (secondary N) is 2. The molecule has 0 atom stereocenters. The van der Waals surface area contributed by atoms with Gasteiger partial charge in [-0.05, 0) is 55.1 Å². The van der Waals surface area contributed by atoms with E-state index in [1.165, 1.54) is 29.7 Å². The number of para-hydroxylation sites is 1. The molecule has 126 valence electrons. The van der Waals surface area contributed by atoms with Crippen molar-refractivity contribution in [1.82, 2.24) is 10.3 Å². The van der Waals surface area contributed by atoms with E-state index in [4.69, 9.17) is 17.2 Å². The summed E-state index contributed by atoms with van der Waals surface area (Å²) in [4.78, 5) is 4.87. The first-order valence-corrected chi connectivity index (χ1v) is 9.21. The Morgan fingerprint density at radius 3 is 2.60 bits per heavy atom.